The predicted octanol–water partition coefficient (Wildman–Crippen LogP) is 2.74. The van der Waals surface area contributed by atoms with Gasteiger partial charge in [0.15, 0.2) is 0 Å². The lowest BCUT2D eigenvalue weighted by Gasteiger charge is -2.17. The number of aliphatic hydroxyl groups excluding tert-OH is 1. The molecule has 2 nitrogen and oxygen atoms in total. The summed E-state index contributed by atoms with van der Waals surface area (Å²) in [6, 6.07) is 2.50. The Balaban J connectivity index is 3.18. The number of alkyl halides is 3. The minimum atomic E-state index is -4.52. The molecule has 0 aliphatic rings. The summed E-state index contributed by atoms with van der Waals surface area (Å²) in [7, 11) is 0. The molecule has 16 heavy (non-hydrogen) atoms. The lowest BCUT2D eigenvalue weighted by Crippen LogP contribution is -2.23. The minimum absolute atomic E-state index is 0.201. The Morgan fingerprint density at radius 3 is 2.38 bits per heavy atom. The molecule has 1 rings (SSSR count). The largest absolute Gasteiger partial charge is 0.417 e. The number of hydrogen-bond donors (Lipinski definition) is 2. The van der Waals surface area contributed by atoms with Gasteiger partial charge in [-0.15, -0.1) is 0 Å². The van der Waals surface area contributed by atoms with Crippen LogP contribution in [-0.4, -0.2) is 11.2 Å². The van der Waals surface area contributed by atoms with Gasteiger partial charge in [-0.05, 0) is 24.6 Å². The van der Waals surface area contributed by atoms with Crippen LogP contribution in [0.2, 0.25) is 5.02 Å². The maximum absolute atomic E-state index is 12.5. The summed E-state index contributed by atoms with van der Waals surface area (Å²) in [5.74, 6) is 0. The summed E-state index contributed by atoms with van der Waals surface area (Å²) in [4.78, 5) is 0. The molecule has 0 spiro atoms. The Bertz CT molecular complexity index is 379. The van der Waals surface area contributed by atoms with Crippen molar-refractivity contribution in [2.24, 2.45) is 5.73 Å². The van der Waals surface area contributed by atoms with Gasteiger partial charge in [0.25, 0.3) is 0 Å². The molecule has 0 amide bonds. The monoisotopic (exact) mass is 253 g/mol. The highest BCUT2D eigenvalue weighted by atomic mass is 35.5. The van der Waals surface area contributed by atoms with Gasteiger partial charge in [-0.3, -0.25) is 0 Å². The van der Waals surface area contributed by atoms with E-state index in [-0.39, 0.29) is 10.6 Å². The molecule has 90 valence electrons. The Morgan fingerprint density at radius 1 is 1.38 bits per heavy atom. The third kappa shape index (κ3) is 2.87. The quantitative estimate of drug-likeness (QED) is 0.851. The van der Waals surface area contributed by atoms with Gasteiger partial charge in [-0.1, -0.05) is 17.7 Å². The van der Waals surface area contributed by atoms with Gasteiger partial charge in [0.1, 0.15) is 0 Å². The van der Waals surface area contributed by atoms with E-state index < -0.39 is 23.9 Å². The van der Waals surface area contributed by atoms with E-state index in [0.29, 0.717) is 0 Å². The minimum Gasteiger partial charge on any atom is -0.391 e. The van der Waals surface area contributed by atoms with Crippen LogP contribution in [0.4, 0.5) is 13.2 Å². The molecule has 6 heteroatoms. The van der Waals surface area contributed by atoms with Crippen LogP contribution in [0.1, 0.15) is 24.1 Å². The Hall–Kier alpha value is -0.780. The standard InChI is InChI=1S/C10H11ClF3NO/c1-5(16)9(15)6-2-3-8(11)7(4-6)10(12,13)14/h2-5,9,16H,15H2,1H3/t5-,9+/m0/s1. The van der Waals surface area contributed by atoms with E-state index in [1.54, 1.807) is 0 Å². The fourth-order valence-corrected chi connectivity index (χ4v) is 1.47. The number of nitrogens with two attached hydrogens (primary N) is 1. The number of hydrogen-bond acceptors (Lipinski definition) is 2. The molecule has 0 fully saturated rings. The van der Waals surface area contributed by atoms with Crippen LogP contribution in [0.25, 0.3) is 0 Å². The number of aliphatic hydroxyl groups is 1. The summed E-state index contributed by atoms with van der Waals surface area (Å²) in [6.45, 7) is 1.41. The normalized spacial score (nSPS) is 15.9. The summed E-state index contributed by atoms with van der Waals surface area (Å²) < 4.78 is 37.5. The molecule has 2 atom stereocenters. The zero-order valence-electron chi connectivity index (χ0n) is 8.42. The van der Waals surface area contributed by atoms with Gasteiger partial charge in [-0.2, -0.15) is 13.2 Å². The molecule has 0 saturated carbocycles. The Morgan fingerprint density at radius 2 is 1.94 bits per heavy atom. The molecule has 1 aromatic rings. The molecule has 3 N–H and O–H groups in total. The smallest absolute Gasteiger partial charge is 0.391 e. The van der Waals surface area contributed by atoms with E-state index in [9.17, 15) is 18.3 Å². The molecule has 0 aliphatic carbocycles. The molecule has 0 saturated heterocycles. The molecule has 0 unspecified atom stereocenters. The topological polar surface area (TPSA) is 46.2 Å². The maximum atomic E-state index is 12.5. The molecule has 1 aromatic carbocycles. The van der Waals surface area contributed by atoms with E-state index in [0.717, 1.165) is 12.1 Å². The molecule has 0 aromatic heterocycles. The van der Waals surface area contributed by atoms with Crippen molar-refractivity contribution in [2.75, 3.05) is 0 Å². The van der Waals surface area contributed by atoms with Crippen molar-refractivity contribution in [3.63, 3.8) is 0 Å². The first-order valence-electron chi connectivity index (χ1n) is 4.53. The summed E-state index contributed by atoms with van der Waals surface area (Å²) in [6.07, 6.45) is -5.45. The highest BCUT2D eigenvalue weighted by Gasteiger charge is 2.33. The fraction of sp³-hybridized carbons (Fsp3) is 0.400. The van der Waals surface area contributed by atoms with Gasteiger partial charge in [-0.25, -0.2) is 0 Å². The van der Waals surface area contributed by atoms with E-state index in [1.807, 2.05) is 0 Å². The third-order valence-corrected chi connectivity index (χ3v) is 2.53. The lowest BCUT2D eigenvalue weighted by molar-refractivity contribution is -0.137. The average molecular weight is 254 g/mol. The number of halogens is 4. The van der Waals surface area contributed by atoms with Crippen LogP contribution in [-0.2, 0) is 6.18 Å². The Kier molecular flexibility index (Phi) is 3.83. The molecule has 0 heterocycles. The van der Waals surface area contributed by atoms with Crippen molar-refractivity contribution in [3.05, 3.63) is 34.3 Å². The highest BCUT2D eigenvalue weighted by molar-refractivity contribution is 6.31. The molecular formula is C10H11ClF3NO. The predicted molar refractivity (Wildman–Crippen MR) is 55.1 cm³/mol. The van der Waals surface area contributed by atoms with Crippen LogP contribution in [0.5, 0.6) is 0 Å². The van der Waals surface area contributed by atoms with Crippen molar-refractivity contribution >= 4 is 11.6 Å². The maximum Gasteiger partial charge on any atom is 0.417 e. The van der Waals surface area contributed by atoms with Gasteiger partial charge in [0.2, 0.25) is 0 Å². The van der Waals surface area contributed by atoms with E-state index in [2.05, 4.69) is 0 Å². The van der Waals surface area contributed by atoms with Crippen molar-refractivity contribution in [3.8, 4) is 0 Å². The van der Waals surface area contributed by atoms with Gasteiger partial charge in [0.05, 0.1) is 22.7 Å². The first-order chi connectivity index (χ1) is 7.23. The first kappa shape index (κ1) is 13.3. The molecule has 0 aliphatic heterocycles. The summed E-state index contributed by atoms with van der Waals surface area (Å²) in [5, 5.41) is 8.82. The van der Waals surface area contributed by atoms with Crippen LogP contribution < -0.4 is 5.73 Å². The number of benzene rings is 1. The second kappa shape index (κ2) is 4.61. The number of rotatable bonds is 2. The van der Waals surface area contributed by atoms with Gasteiger partial charge < -0.3 is 10.8 Å². The highest BCUT2D eigenvalue weighted by Crippen LogP contribution is 2.36. The van der Waals surface area contributed by atoms with Crippen molar-refractivity contribution in [1.29, 1.82) is 0 Å². The SMILES string of the molecule is C[C@H](O)[C@@H](N)c1ccc(Cl)c(C(F)(F)F)c1. The van der Waals surface area contributed by atoms with Crippen LogP contribution in [0, 0.1) is 0 Å². The zero-order valence-corrected chi connectivity index (χ0v) is 9.18. The second-order valence-electron chi connectivity index (χ2n) is 3.50. The molecular weight excluding hydrogens is 243 g/mol. The van der Waals surface area contributed by atoms with Gasteiger partial charge >= 0.3 is 6.18 Å². The summed E-state index contributed by atoms with van der Waals surface area (Å²) in [5.41, 5.74) is 4.80. The van der Waals surface area contributed by atoms with Crippen molar-refractivity contribution in [2.45, 2.75) is 25.2 Å². The summed E-state index contributed by atoms with van der Waals surface area (Å²) >= 11 is 5.44. The van der Waals surface area contributed by atoms with E-state index in [1.165, 1.54) is 13.0 Å². The first-order valence-corrected chi connectivity index (χ1v) is 4.91. The zero-order chi connectivity index (χ0) is 12.5. The fourth-order valence-electron chi connectivity index (χ4n) is 1.25. The molecule has 0 bridgehead atoms. The van der Waals surface area contributed by atoms with E-state index >= 15 is 0 Å². The van der Waals surface area contributed by atoms with Crippen LogP contribution in [0.15, 0.2) is 18.2 Å². The third-order valence-electron chi connectivity index (χ3n) is 2.20. The Labute approximate surface area is 95.8 Å². The second-order valence-corrected chi connectivity index (χ2v) is 3.91. The van der Waals surface area contributed by atoms with Crippen LogP contribution >= 0.6 is 11.6 Å². The van der Waals surface area contributed by atoms with Crippen molar-refractivity contribution < 1.29 is 18.3 Å². The van der Waals surface area contributed by atoms with Gasteiger partial charge in [0, 0.05) is 0 Å². The average Bonchev–Trinajstić information content (AvgIpc) is 2.15. The van der Waals surface area contributed by atoms with Crippen molar-refractivity contribution in [1.82, 2.24) is 0 Å². The lowest BCUT2D eigenvalue weighted by atomic mass is 10.0. The molecule has 0 radical (unpaired) electrons. The van der Waals surface area contributed by atoms with E-state index in [4.69, 9.17) is 17.3 Å². The van der Waals surface area contributed by atoms with Crippen LogP contribution in [0.3, 0.4) is 0 Å².